The molecule has 2 unspecified atom stereocenters. The van der Waals surface area contributed by atoms with E-state index in [4.69, 9.17) is 4.74 Å². The Morgan fingerprint density at radius 1 is 1.43 bits per heavy atom. The number of hydrogen-bond donors (Lipinski definition) is 3. The molecule has 0 radical (unpaired) electrons. The summed E-state index contributed by atoms with van der Waals surface area (Å²) in [5.41, 5.74) is -0.465. The van der Waals surface area contributed by atoms with E-state index in [0.717, 1.165) is 12.1 Å². The second-order valence-corrected chi connectivity index (χ2v) is 4.63. The van der Waals surface area contributed by atoms with Crippen LogP contribution in [0.5, 0.6) is 5.75 Å². The molecule has 1 heterocycles. The number of hydrogen-bond acceptors (Lipinski definition) is 4. The average molecular weight is 323 g/mol. The van der Waals surface area contributed by atoms with Crippen LogP contribution in [-0.2, 0) is 0 Å². The van der Waals surface area contributed by atoms with Crippen molar-refractivity contribution in [2.45, 2.75) is 6.10 Å². The van der Waals surface area contributed by atoms with Crippen molar-refractivity contribution in [3.63, 3.8) is 0 Å². The van der Waals surface area contributed by atoms with Crippen LogP contribution in [0.25, 0.3) is 0 Å². The van der Waals surface area contributed by atoms with Gasteiger partial charge < -0.3 is 20.5 Å². The molecule has 1 aliphatic rings. The first-order valence-electron chi connectivity index (χ1n) is 6.23. The van der Waals surface area contributed by atoms with Gasteiger partial charge in [-0.25, -0.2) is 8.78 Å². The van der Waals surface area contributed by atoms with Crippen LogP contribution in [0, 0.1) is 17.6 Å². The van der Waals surface area contributed by atoms with Crippen LogP contribution in [-0.4, -0.2) is 43.9 Å². The van der Waals surface area contributed by atoms with Crippen LogP contribution in [0.3, 0.4) is 0 Å². The number of aliphatic hydroxyl groups is 1. The molecule has 1 aliphatic heterocycles. The van der Waals surface area contributed by atoms with E-state index in [-0.39, 0.29) is 24.9 Å². The molecule has 8 heteroatoms. The maximum absolute atomic E-state index is 13.7. The van der Waals surface area contributed by atoms with Gasteiger partial charge in [0.05, 0.1) is 13.2 Å². The first-order chi connectivity index (χ1) is 9.54. The number of carbonyl (C=O) groups is 1. The van der Waals surface area contributed by atoms with Crippen LogP contribution in [0.1, 0.15) is 10.4 Å². The largest absolute Gasteiger partial charge is 0.493 e. The number of carbonyl (C=O) groups excluding carboxylic acids is 1. The van der Waals surface area contributed by atoms with Crippen molar-refractivity contribution in [1.82, 2.24) is 10.6 Å². The van der Waals surface area contributed by atoms with E-state index in [1.54, 1.807) is 0 Å². The SMILES string of the molecule is COc1c(F)ccc(F)c1C(=O)NCC1CNCC1O.Cl. The van der Waals surface area contributed by atoms with Crippen molar-refractivity contribution in [3.8, 4) is 5.75 Å². The Morgan fingerprint density at radius 3 is 2.67 bits per heavy atom. The summed E-state index contributed by atoms with van der Waals surface area (Å²) in [6.07, 6.45) is -0.561. The molecule has 0 spiro atoms. The highest BCUT2D eigenvalue weighted by molar-refractivity contribution is 5.97. The second kappa shape index (κ2) is 7.53. The summed E-state index contributed by atoms with van der Waals surface area (Å²) in [6.45, 7) is 1.19. The molecule has 1 saturated heterocycles. The number of nitrogens with one attached hydrogen (secondary N) is 2. The fraction of sp³-hybridized carbons (Fsp3) is 0.462. The standard InChI is InChI=1S/C13H16F2N2O3.ClH/c1-20-12-9(15)3-2-8(14)11(12)13(19)17-5-7-4-16-6-10(7)18;/h2-3,7,10,16,18H,4-6H2,1H3,(H,17,19);1H. The fourth-order valence-corrected chi connectivity index (χ4v) is 2.18. The summed E-state index contributed by atoms with van der Waals surface area (Å²) in [4.78, 5) is 12.0. The normalized spacial score (nSPS) is 20.8. The van der Waals surface area contributed by atoms with Crippen LogP contribution in [0.2, 0.25) is 0 Å². The Balaban J connectivity index is 0.00000220. The number of halogens is 3. The molecule has 1 fully saturated rings. The van der Waals surface area contributed by atoms with Crippen molar-refractivity contribution < 1.29 is 23.4 Å². The predicted octanol–water partition coefficient (Wildman–Crippen LogP) is 0.705. The van der Waals surface area contributed by atoms with E-state index in [0.29, 0.717) is 13.1 Å². The molecule has 3 N–H and O–H groups in total. The minimum Gasteiger partial charge on any atom is -0.493 e. The number of benzene rings is 1. The molecular weight excluding hydrogens is 306 g/mol. The Bertz CT molecular complexity index is 516. The van der Waals surface area contributed by atoms with Gasteiger partial charge in [-0.2, -0.15) is 0 Å². The van der Waals surface area contributed by atoms with Gasteiger partial charge in [0.15, 0.2) is 11.6 Å². The van der Waals surface area contributed by atoms with Crippen molar-refractivity contribution in [3.05, 3.63) is 29.3 Å². The lowest BCUT2D eigenvalue weighted by Crippen LogP contribution is -2.35. The molecule has 1 aromatic carbocycles. The lowest BCUT2D eigenvalue weighted by molar-refractivity contribution is 0.0919. The van der Waals surface area contributed by atoms with E-state index in [1.807, 2.05) is 0 Å². The summed E-state index contributed by atoms with van der Waals surface area (Å²) in [6, 6.07) is 1.77. The van der Waals surface area contributed by atoms with Crippen LogP contribution < -0.4 is 15.4 Å². The number of rotatable bonds is 4. The van der Waals surface area contributed by atoms with Gasteiger partial charge in [0.2, 0.25) is 0 Å². The summed E-state index contributed by atoms with van der Waals surface area (Å²) in [7, 11) is 1.17. The predicted molar refractivity (Wildman–Crippen MR) is 74.9 cm³/mol. The third-order valence-electron chi connectivity index (χ3n) is 3.32. The van der Waals surface area contributed by atoms with Gasteiger partial charge in [-0.05, 0) is 12.1 Å². The molecule has 0 saturated carbocycles. The van der Waals surface area contributed by atoms with E-state index in [2.05, 4.69) is 10.6 Å². The number of β-amino-alcohol motifs (C(OH)–C–C–N with tert-alkyl or cyclic N) is 1. The minimum atomic E-state index is -0.856. The molecule has 118 valence electrons. The highest BCUT2D eigenvalue weighted by Crippen LogP contribution is 2.25. The van der Waals surface area contributed by atoms with E-state index in [1.165, 1.54) is 7.11 Å². The van der Waals surface area contributed by atoms with Gasteiger partial charge in [-0.1, -0.05) is 0 Å². The summed E-state index contributed by atoms with van der Waals surface area (Å²) < 4.78 is 31.9. The highest BCUT2D eigenvalue weighted by atomic mass is 35.5. The maximum atomic E-state index is 13.7. The lowest BCUT2D eigenvalue weighted by Gasteiger charge is -2.15. The molecule has 0 aromatic heterocycles. The van der Waals surface area contributed by atoms with Gasteiger partial charge in [-0.15, -0.1) is 12.4 Å². The molecule has 1 aromatic rings. The smallest absolute Gasteiger partial charge is 0.258 e. The highest BCUT2D eigenvalue weighted by Gasteiger charge is 2.27. The monoisotopic (exact) mass is 322 g/mol. The third-order valence-corrected chi connectivity index (χ3v) is 3.32. The fourth-order valence-electron chi connectivity index (χ4n) is 2.18. The van der Waals surface area contributed by atoms with Gasteiger partial charge in [0.25, 0.3) is 5.91 Å². The van der Waals surface area contributed by atoms with Gasteiger partial charge in [-0.3, -0.25) is 4.79 Å². The molecule has 5 nitrogen and oxygen atoms in total. The van der Waals surface area contributed by atoms with E-state index >= 15 is 0 Å². The molecule has 1 amide bonds. The molecular formula is C13H17ClF2N2O3. The van der Waals surface area contributed by atoms with Crippen molar-refractivity contribution in [2.75, 3.05) is 26.7 Å². The molecule has 2 rings (SSSR count). The maximum Gasteiger partial charge on any atom is 0.258 e. The van der Waals surface area contributed by atoms with E-state index < -0.39 is 35.0 Å². The first kappa shape index (κ1) is 17.6. The van der Waals surface area contributed by atoms with Crippen molar-refractivity contribution >= 4 is 18.3 Å². The molecule has 21 heavy (non-hydrogen) atoms. The zero-order valence-electron chi connectivity index (χ0n) is 11.4. The van der Waals surface area contributed by atoms with Crippen LogP contribution in [0.4, 0.5) is 8.78 Å². The van der Waals surface area contributed by atoms with Crippen LogP contribution >= 0.6 is 12.4 Å². The van der Waals surface area contributed by atoms with Crippen LogP contribution in [0.15, 0.2) is 12.1 Å². The second-order valence-electron chi connectivity index (χ2n) is 4.63. The van der Waals surface area contributed by atoms with E-state index in [9.17, 15) is 18.7 Å². The quantitative estimate of drug-likeness (QED) is 0.763. The number of ether oxygens (including phenoxy) is 1. The number of methoxy groups -OCH3 is 1. The molecule has 2 atom stereocenters. The Morgan fingerprint density at radius 2 is 2.10 bits per heavy atom. The minimum absolute atomic E-state index is 0. The Labute approximate surface area is 127 Å². The number of aliphatic hydroxyl groups excluding tert-OH is 1. The van der Waals surface area contributed by atoms with Gasteiger partial charge in [0.1, 0.15) is 11.4 Å². The zero-order valence-corrected chi connectivity index (χ0v) is 12.2. The van der Waals surface area contributed by atoms with Gasteiger partial charge in [0, 0.05) is 25.6 Å². The Kier molecular flexibility index (Phi) is 6.32. The Hall–Kier alpha value is -1.44. The molecule has 0 bridgehead atoms. The van der Waals surface area contributed by atoms with Gasteiger partial charge >= 0.3 is 0 Å². The summed E-state index contributed by atoms with van der Waals surface area (Å²) >= 11 is 0. The summed E-state index contributed by atoms with van der Waals surface area (Å²) in [5, 5.41) is 15.1. The van der Waals surface area contributed by atoms with Crippen molar-refractivity contribution in [1.29, 1.82) is 0 Å². The molecule has 0 aliphatic carbocycles. The topological polar surface area (TPSA) is 70.6 Å². The van der Waals surface area contributed by atoms with Crippen molar-refractivity contribution in [2.24, 2.45) is 5.92 Å². The average Bonchev–Trinajstić information content (AvgIpc) is 2.83. The summed E-state index contributed by atoms with van der Waals surface area (Å²) in [5.74, 6) is -3.00. The third kappa shape index (κ3) is 3.81. The zero-order chi connectivity index (χ0) is 14.7. The first-order valence-corrected chi connectivity index (χ1v) is 6.23. The lowest BCUT2D eigenvalue weighted by atomic mass is 10.1. The number of amides is 1.